The number of nitrogens with zero attached hydrogens (tertiary/aromatic N) is 3. The predicted octanol–water partition coefficient (Wildman–Crippen LogP) is 2.81. The van der Waals surface area contributed by atoms with Gasteiger partial charge in [0.15, 0.2) is 0 Å². The van der Waals surface area contributed by atoms with Crippen LogP contribution >= 0.6 is 0 Å². The topological polar surface area (TPSA) is 57.7 Å². The van der Waals surface area contributed by atoms with Crippen molar-refractivity contribution in [2.75, 3.05) is 32.1 Å². The Morgan fingerprint density at radius 2 is 2.08 bits per heavy atom. The first kappa shape index (κ1) is 17.1. The van der Waals surface area contributed by atoms with Crippen molar-refractivity contribution in [3.8, 4) is 5.75 Å². The zero-order chi connectivity index (χ0) is 17.8. The highest BCUT2D eigenvalue weighted by Crippen LogP contribution is 2.25. The van der Waals surface area contributed by atoms with Gasteiger partial charge in [-0.3, -0.25) is 4.98 Å². The predicted molar refractivity (Wildman–Crippen MR) is 97.9 cm³/mol. The summed E-state index contributed by atoms with van der Waals surface area (Å²) >= 11 is 0. The van der Waals surface area contributed by atoms with E-state index in [-0.39, 0.29) is 12.1 Å². The lowest BCUT2D eigenvalue weighted by Gasteiger charge is -2.24. The highest BCUT2D eigenvalue weighted by molar-refractivity contribution is 5.75. The van der Waals surface area contributed by atoms with Crippen molar-refractivity contribution in [2.24, 2.45) is 0 Å². The maximum Gasteiger partial charge on any atom is 0.318 e. The van der Waals surface area contributed by atoms with Crippen LogP contribution in [0.5, 0.6) is 5.75 Å². The molecule has 6 heteroatoms. The van der Waals surface area contributed by atoms with Gasteiger partial charge in [-0.25, -0.2) is 4.79 Å². The largest absolute Gasteiger partial charge is 0.495 e. The summed E-state index contributed by atoms with van der Waals surface area (Å²) in [5.74, 6) is 0.677. The second kappa shape index (κ2) is 7.42. The highest BCUT2D eigenvalue weighted by atomic mass is 16.5. The van der Waals surface area contributed by atoms with E-state index < -0.39 is 0 Å². The number of fused-ring (bicyclic) bond motifs is 1. The van der Waals surface area contributed by atoms with E-state index >= 15 is 0 Å². The second-order valence-corrected chi connectivity index (χ2v) is 6.26. The van der Waals surface area contributed by atoms with Crippen molar-refractivity contribution >= 4 is 11.7 Å². The maximum atomic E-state index is 12.8. The second-order valence-electron chi connectivity index (χ2n) is 6.26. The van der Waals surface area contributed by atoms with Crippen LogP contribution in [0.2, 0.25) is 0 Å². The number of hydrogen-bond acceptors (Lipinski definition) is 4. The molecular weight excluding hydrogens is 316 g/mol. The first-order chi connectivity index (χ1) is 12.1. The van der Waals surface area contributed by atoms with Crippen LogP contribution in [0.15, 0.2) is 42.7 Å². The van der Waals surface area contributed by atoms with Crippen LogP contribution in [0.4, 0.5) is 10.5 Å². The number of ether oxygens (including phenoxy) is 1. The zero-order valence-electron chi connectivity index (χ0n) is 14.9. The Morgan fingerprint density at radius 1 is 1.28 bits per heavy atom. The van der Waals surface area contributed by atoms with Gasteiger partial charge in [0.1, 0.15) is 5.75 Å². The Morgan fingerprint density at radius 3 is 2.88 bits per heavy atom. The van der Waals surface area contributed by atoms with Gasteiger partial charge in [-0.1, -0.05) is 18.2 Å². The first-order valence-corrected chi connectivity index (χ1v) is 8.42. The summed E-state index contributed by atoms with van der Waals surface area (Å²) in [7, 11) is 3.67. The molecule has 1 N–H and O–H groups in total. The molecule has 0 aliphatic carbocycles. The summed E-state index contributed by atoms with van der Waals surface area (Å²) in [4.78, 5) is 20.9. The number of carbonyl (C=O) groups is 1. The number of likely N-dealkylation sites (N-methyl/N-ethyl adjacent to an activating group) is 1. The maximum absolute atomic E-state index is 12.8. The van der Waals surface area contributed by atoms with Gasteiger partial charge in [0.25, 0.3) is 0 Å². The average Bonchev–Trinajstić information content (AvgIpc) is 2.81. The number of urea groups is 1. The van der Waals surface area contributed by atoms with E-state index in [2.05, 4.69) is 34.4 Å². The molecule has 1 aliphatic rings. The number of aromatic nitrogens is 1. The van der Waals surface area contributed by atoms with Gasteiger partial charge in [-0.05, 0) is 24.6 Å². The lowest BCUT2D eigenvalue weighted by Crippen LogP contribution is -2.42. The normalized spacial score (nSPS) is 15.2. The molecule has 0 radical (unpaired) electrons. The third-order valence-electron chi connectivity index (χ3n) is 4.60. The van der Waals surface area contributed by atoms with Gasteiger partial charge in [0, 0.05) is 44.1 Å². The summed E-state index contributed by atoms with van der Waals surface area (Å²) in [6, 6.07) is 9.85. The minimum atomic E-state index is -0.165. The van der Waals surface area contributed by atoms with Crippen LogP contribution in [0.1, 0.15) is 24.1 Å². The van der Waals surface area contributed by atoms with E-state index in [4.69, 9.17) is 4.74 Å². The monoisotopic (exact) mass is 340 g/mol. The number of methoxy groups -OCH3 is 1. The number of amides is 2. The smallest absolute Gasteiger partial charge is 0.318 e. The van der Waals surface area contributed by atoms with Crippen LogP contribution in [0.25, 0.3) is 0 Å². The molecule has 2 heterocycles. The molecule has 0 unspecified atom stereocenters. The fourth-order valence-corrected chi connectivity index (χ4v) is 3.14. The number of para-hydroxylation sites is 1. The molecule has 2 aromatic rings. The van der Waals surface area contributed by atoms with Crippen molar-refractivity contribution < 1.29 is 9.53 Å². The number of carbonyl (C=O) groups excluding carboxylic acids is 1. The number of benzene rings is 1. The molecule has 0 spiro atoms. The molecule has 2 amide bonds. The van der Waals surface area contributed by atoms with Gasteiger partial charge in [0.2, 0.25) is 0 Å². The van der Waals surface area contributed by atoms with Gasteiger partial charge in [-0.2, -0.15) is 0 Å². The molecule has 0 saturated carbocycles. The molecule has 0 bridgehead atoms. The van der Waals surface area contributed by atoms with Crippen molar-refractivity contribution in [2.45, 2.75) is 19.5 Å². The van der Waals surface area contributed by atoms with Crippen molar-refractivity contribution in [1.29, 1.82) is 0 Å². The van der Waals surface area contributed by atoms with E-state index in [1.807, 2.05) is 30.0 Å². The first-order valence-electron chi connectivity index (χ1n) is 8.42. The molecule has 0 saturated heterocycles. The van der Waals surface area contributed by atoms with E-state index in [1.54, 1.807) is 19.5 Å². The number of rotatable bonds is 3. The van der Waals surface area contributed by atoms with Gasteiger partial charge in [-0.15, -0.1) is 0 Å². The van der Waals surface area contributed by atoms with E-state index in [1.165, 1.54) is 5.69 Å². The molecular formula is C19H24N4O2. The molecule has 1 atom stereocenters. The zero-order valence-corrected chi connectivity index (χ0v) is 14.9. The van der Waals surface area contributed by atoms with Gasteiger partial charge >= 0.3 is 6.03 Å². The Bertz CT molecular complexity index is 750. The molecule has 25 heavy (non-hydrogen) atoms. The summed E-state index contributed by atoms with van der Waals surface area (Å²) in [5.41, 5.74) is 3.26. The highest BCUT2D eigenvalue weighted by Gasteiger charge is 2.23. The van der Waals surface area contributed by atoms with Crippen LogP contribution in [-0.4, -0.2) is 43.2 Å². The molecule has 1 aromatic carbocycles. The Kier molecular flexibility index (Phi) is 5.07. The van der Waals surface area contributed by atoms with Gasteiger partial charge in [0.05, 0.1) is 19.3 Å². The number of pyridine rings is 1. The summed E-state index contributed by atoms with van der Waals surface area (Å²) in [6.07, 6.45) is 3.37. The minimum Gasteiger partial charge on any atom is -0.495 e. The molecule has 1 aromatic heterocycles. The lowest BCUT2D eigenvalue weighted by molar-refractivity contribution is 0.194. The van der Waals surface area contributed by atoms with Crippen molar-refractivity contribution in [1.82, 2.24) is 15.2 Å². The number of anilines is 1. The van der Waals surface area contributed by atoms with E-state index in [0.717, 1.165) is 17.7 Å². The van der Waals surface area contributed by atoms with Crippen LogP contribution in [0.3, 0.4) is 0 Å². The molecule has 3 rings (SSSR count). The molecule has 0 fully saturated rings. The average molecular weight is 340 g/mol. The standard InChI is InChI=1S/C19H24N4O2/c1-14(16-8-9-20-12-18(16)25-3)21-19(24)23-11-10-22(2)17-7-5-4-6-15(17)13-23/h4-9,12,14H,10-11,13H2,1-3H3,(H,21,24)/t14-/m0/s1. The van der Waals surface area contributed by atoms with E-state index in [9.17, 15) is 4.79 Å². The Balaban J connectivity index is 1.73. The third kappa shape index (κ3) is 3.68. The third-order valence-corrected chi connectivity index (χ3v) is 4.60. The SMILES string of the molecule is COc1cnccc1[C@H](C)NC(=O)N1CCN(C)c2ccccc2C1. The molecule has 1 aliphatic heterocycles. The van der Waals surface area contributed by atoms with Gasteiger partial charge < -0.3 is 19.9 Å². The number of nitrogens with one attached hydrogen (secondary N) is 1. The lowest BCUT2D eigenvalue weighted by atomic mass is 10.1. The fourth-order valence-electron chi connectivity index (χ4n) is 3.14. The Labute approximate surface area is 148 Å². The quantitative estimate of drug-likeness (QED) is 0.933. The van der Waals surface area contributed by atoms with Crippen LogP contribution in [0, 0.1) is 0 Å². The summed E-state index contributed by atoms with van der Waals surface area (Å²) in [5, 5.41) is 3.07. The van der Waals surface area contributed by atoms with Crippen LogP contribution in [-0.2, 0) is 6.54 Å². The van der Waals surface area contributed by atoms with Crippen molar-refractivity contribution in [3.05, 3.63) is 53.9 Å². The molecule has 132 valence electrons. The fraction of sp³-hybridized carbons (Fsp3) is 0.368. The minimum absolute atomic E-state index is 0.0727. The van der Waals surface area contributed by atoms with Crippen LogP contribution < -0.4 is 15.0 Å². The number of hydrogen-bond donors (Lipinski definition) is 1. The summed E-state index contributed by atoms with van der Waals surface area (Å²) < 4.78 is 5.34. The molecule has 6 nitrogen and oxygen atoms in total. The van der Waals surface area contributed by atoms with E-state index in [0.29, 0.717) is 18.8 Å². The van der Waals surface area contributed by atoms with Crippen molar-refractivity contribution in [3.63, 3.8) is 0 Å². The Hall–Kier alpha value is -2.76. The summed E-state index contributed by atoms with van der Waals surface area (Å²) in [6.45, 7) is 4.04.